The molecule has 2 aromatic carbocycles. The summed E-state index contributed by atoms with van der Waals surface area (Å²) in [5, 5.41) is 3.02. The minimum Gasteiger partial charge on any atom is -0.493 e. The van der Waals surface area contributed by atoms with E-state index < -0.39 is 12.1 Å². The summed E-state index contributed by atoms with van der Waals surface area (Å²) in [6.07, 6.45) is 2.00. The Balaban J connectivity index is 1.64. The average Bonchev–Trinajstić information content (AvgIpc) is 2.74. The number of carbonyl (C=O) groups excluding carboxylic acids is 2. The highest BCUT2D eigenvalue weighted by Crippen LogP contribution is 2.30. The van der Waals surface area contributed by atoms with Gasteiger partial charge in [0.25, 0.3) is 5.91 Å². The van der Waals surface area contributed by atoms with E-state index in [0.717, 1.165) is 24.8 Å². The van der Waals surface area contributed by atoms with Crippen molar-refractivity contribution in [2.24, 2.45) is 0 Å². The van der Waals surface area contributed by atoms with Gasteiger partial charge in [-0.2, -0.15) is 0 Å². The zero-order chi connectivity index (χ0) is 20.8. The van der Waals surface area contributed by atoms with Gasteiger partial charge in [0.2, 0.25) is 0 Å². The van der Waals surface area contributed by atoms with Gasteiger partial charge in [0.05, 0.1) is 25.3 Å². The molecule has 0 unspecified atom stereocenters. The van der Waals surface area contributed by atoms with Crippen molar-refractivity contribution < 1.29 is 23.8 Å². The van der Waals surface area contributed by atoms with E-state index in [2.05, 4.69) is 11.4 Å². The summed E-state index contributed by atoms with van der Waals surface area (Å²) < 4.78 is 16.1. The summed E-state index contributed by atoms with van der Waals surface area (Å²) in [5.74, 6) is 0.101. The Hall–Kier alpha value is -3.02. The smallest absolute Gasteiger partial charge is 0.339 e. The van der Waals surface area contributed by atoms with Crippen LogP contribution >= 0.6 is 0 Å². The number of aryl methyl sites for hydroxylation is 1. The van der Waals surface area contributed by atoms with Gasteiger partial charge in [-0.05, 0) is 62.4 Å². The number of hydrogen-bond acceptors (Lipinski definition) is 5. The van der Waals surface area contributed by atoms with Crippen LogP contribution in [0.2, 0.25) is 0 Å². The molecule has 0 saturated carbocycles. The van der Waals surface area contributed by atoms with E-state index in [-0.39, 0.29) is 11.9 Å². The summed E-state index contributed by atoms with van der Waals surface area (Å²) >= 11 is 0. The first-order valence-corrected chi connectivity index (χ1v) is 9.93. The molecule has 0 saturated heterocycles. The number of hydrogen-bond donors (Lipinski definition) is 1. The maximum absolute atomic E-state index is 12.6. The Morgan fingerprint density at radius 2 is 1.97 bits per heavy atom. The predicted octanol–water partition coefficient (Wildman–Crippen LogP) is 3.83. The van der Waals surface area contributed by atoms with Gasteiger partial charge in [0, 0.05) is 0 Å². The molecule has 2 atom stereocenters. The maximum atomic E-state index is 12.6. The first-order valence-electron chi connectivity index (χ1n) is 9.93. The van der Waals surface area contributed by atoms with Gasteiger partial charge in [-0.3, -0.25) is 4.79 Å². The molecule has 0 aliphatic heterocycles. The minimum atomic E-state index is -0.908. The summed E-state index contributed by atoms with van der Waals surface area (Å²) in [4.78, 5) is 25.1. The molecule has 3 rings (SSSR count). The lowest BCUT2D eigenvalue weighted by Gasteiger charge is -2.27. The molecular formula is C23H27NO5. The molecule has 1 amide bonds. The van der Waals surface area contributed by atoms with Crippen molar-refractivity contribution in [3.63, 3.8) is 0 Å². The molecule has 29 heavy (non-hydrogen) atoms. The number of benzene rings is 2. The van der Waals surface area contributed by atoms with Crippen molar-refractivity contribution >= 4 is 11.9 Å². The van der Waals surface area contributed by atoms with Crippen LogP contribution in [0.3, 0.4) is 0 Å². The van der Waals surface area contributed by atoms with Gasteiger partial charge in [-0.15, -0.1) is 0 Å². The number of amides is 1. The van der Waals surface area contributed by atoms with Crippen molar-refractivity contribution in [3.8, 4) is 11.5 Å². The van der Waals surface area contributed by atoms with E-state index in [9.17, 15) is 9.59 Å². The van der Waals surface area contributed by atoms with Crippen LogP contribution in [0.4, 0.5) is 0 Å². The largest absolute Gasteiger partial charge is 0.493 e. The number of rotatable bonds is 7. The topological polar surface area (TPSA) is 73.9 Å². The average molecular weight is 397 g/mol. The van der Waals surface area contributed by atoms with Gasteiger partial charge in [-0.25, -0.2) is 4.79 Å². The van der Waals surface area contributed by atoms with Crippen molar-refractivity contribution in [2.45, 2.75) is 45.3 Å². The number of ether oxygens (including phenoxy) is 3. The van der Waals surface area contributed by atoms with Crippen molar-refractivity contribution in [3.05, 3.63) is 59.2 Å². The molecule has 1 aliphatic rings. The SMILES string of the molecule is CCOc1cc(C(=O)O[C@H](C)C(=O)N[C@H]2CCCc3ccccc32)ccc1OC. The van der Waals surface area contributed by atoms with Gasteiger partial charge < -0.3 is 19.5 Å². The molecule has 0 spiro atoms. The lowest BCUT2D eigenvalue weighted by Crippen LogP contribution is -2.39. The fourth-order valence-electron chi connectivity index (χ4n) is 3.55. The van der Waals surface area contributed by atoms with Crippen LogP contribution in [-0.4, -0.2) is 31.7 Å². The molecule has 0 fully saturated rings. The quantitative estimate of drug-likeness (QED) is 0.719. The number of esters is 1. The Labute approximate surface area is 171 Å². The standard InChI is InChI=1S/C23H27NO5/c1-4-28-21-14-17(12-13-20(21)27-3)23(26)29-15(2)22(25)24-19-11-7-9-16-8-5-6-10-18(16)19/h5-6,8,10,12-15,19H,4,7,9,11H2,1-3H3,(H,24,25)/t15-,19+/m1/s1. The number of carbonyl (C=O) groups is 2. The minimum absolute atomic E-state index is 0.0563. The third kappa shape index (κ3) is 4.88. The van der Waals surface area contributed by atoms with Crippen LogP contribution in [0, 0.1) is 0 Å². The van der Waals surface area contributed by atoms with Gasteiger partial charge in [0.15, 0.2) is 17.6 Å². The van der Waals surface area contributed by atoms with Crippen molar-refractivity contribution in [1.29, 1.82) is 0 Å². The lowest BCUT2D eigenvalue weighted by molar-refractivity contribution is -0.130. The highest BCUT2D eigenvalue weighted by Gasteiger charge is 2.26. The van der Waals surface area contributed by atoms with Crippen LogP contribution in [0.1, 0.15) is 54.2 Å². The first-order chi connectivity index (χ1) is 14.0. The Morgan fingerprint density at radius 3 is 2.72 bits per heavy atom. The maximum Gasteiger partial charge on any atom is 0.339 e. The van der Waals surface area contributed by atoms with E-state index in [1.807, 2.05) is 25.1 Å². The molecule has 2 aromatic rings. The second kappa shape index (κ2) is 9.45. The van der Waals surface area contributed by atoms with Crippen molar-refractivity contribution in [2.75, 3.05) is 13.7 Å². The van der Waals surface area contributed by atoms with Gasteiger partial charge in [-0.1, -0.05) is 24.3 Å². The zero-order valence-corrected chi connectivity index (χ0v) is 17.1. The van der Waals surface area contributed by atoms with Crippen LogP contribution in [0.5, 0.6) is 11.5 Å². The highest BCUT2D eigenvalue weighted by molar-refractivity contribution is 5.93. The molecule has 6 nitrogen and oxygen atoms in total. The fraction of sp³-hybridized carbons (Fsp3) is 0.391. The molecule has 6 heteroatoms. The summed E-state index contributed by atoms with van der Waals surface area (Å²) in [6.45, 7) is 3.87. The molecule has 0 bridgehead atoms. The lowest BCUT2D eigenvalue weighted by atomic mass is 9.87. The number of nitrogens with one attached hydrogen (secondary N) is 1. The van der Waals surface area contributed by atoms with E-state index in [4.69, 9.17) is 14.2 Å². The second-order valence-corrected chi connectivity index (χ2v) is 7.00. The van der Waals surface area contributed by atoms with Gasteiger partial charge in [0.1, 0.15) is 0 Å². The molecule has 1 N–H and O–H groups in total. The summed E-state index contributed by atoms with van der Waals surface area (Å²) in [6, 6.07) is 12.9. The Kier molecular flexibility index (Phi) is 6.75. The number of fused-ring (bicyclic) bond motifs is 1. The highest BCUT2D eigenvalue weighted by atomic mass is 16.5. The van der Waals surface area contributed by atoms with Crippen LogP contribution in [-0.2, 0) is 16.0 Å². The molecule has 0 heterocycles. The van der Waals surface area contributed by atoms with Crippen LogP contribution in [0.15, 0.2) is 42.5 Å². The second-order valence-electron chi connectivity index (χ2n) is 7.00. The monoisotopic (exact) mass is 397 g/mol. The van der Waals surface area contributed by atoms with E-state index in [1.54, 1.807) is 25.1 Å². The Morgan fingerprint density at radius 1 is 1.17 bits per heavy atom. The third-order valence-electron chi connectivity index (χ3n) is 5.04. The zero-order valence-electron chi connectivity index (χ0n) is 17.1. The molecule has 1 aliphatic carbocycles. The van der Waals surface area contributed by atoms with Gasteiger partial charge >= 0.3 is 5.97 Å². The molecule has 0 radical (unpaired) electrons. The summed E-state index contributed by atoms with van der Waals surface area (Å²) in [5.41, 5.74) is 2.70. The summed E-state index contributed by atoms with van der Waals surface area (Å²) in [7, 11) is 1.53. The van der Waals surface area contributed by atoms with Crippen LogP contribution in [0.25, 0.3) is 0 Å². The van der Waals surface area contributed by atoms with Crippen LogP contribution < -0.4 is 14.8 Å². The van der Waals surface area contributed by atoms with E-state index in [0.29, 0.717) is 23.7 Å². The predicted molar refractivity (Wildman–Crippen MR) is 109 cm³/mol. The normalized spacial score (nSPS) is 16.3. The van der Waals surface area contributed by atoms with E-state index >= 15 is 0 Å². The number of methoxy groups -OCH3 is 1. The first kappa shape index (κ1) is 20.7. The Bertz CT molecular complexity index is 879. The van der Waals surface area contributed by atoms with Crippen molar-refractivity contribution in [1.82, 2.24) is 5.32 Å². The molecule has 154 valence electrons. The molecule has 0 aromatic heterocycles. The van der Waals surface area contributed by atoms with E-state index in [1.165, 1.54) is 12.7 Å². The molecular weight excluding hydrogens is 370 g/mol. The fourth-order valence-corrected chi connectivity index (χ4v) is 3.55. The third-order valence-corrected chi connectivity index (χ3v) is 5.04.